The number of carboxylic acids is 1. The van der Waals surface area contributed by atoms with E-state index in [0.717, 1.165) is 24.2 Å². The number of furan rings is 1. The zero-order chi connectivity index (χ0) is 16.8. The molecular formula is C18H20ClNaO4. The fraction of sp³-hybridized carbons (Fsp3) is 0.389. The van der Waals surface area contributed by atoms with Crippen LogP contribution in [0.1, 0.15) is 48.6 Å². The van der Waals surface area contributed by atoms with Crippen molar-refractivity contribution < 1.29 is 48.6 Å². The van der Waals surface area contributed by atoms with Crippen LogP contribution in [0.25, 0.3) is 0 Å². The number of rotatable bonds is 8. The van der Waals surface area contributed by atoms with Crippen molar-refractivity contribution in [1.29, 1.82) is 0 Å². The van der Waals surface area contributed by atoms with E-state index < -0.39 is 5.97 Å². The van der Waals surface area contributed by atoms with Crippen molar-refractivity contribution in [3.63, 3.8) is 0 Å². The summed E-state index contributed by atoms with van der Waals surface area (Å²) in [6, 6.07) is 8.44. The van der Waals surface area contributed by atoms with Gasteiger partial charge < -0.3 is 19.1 Å². The average molecular weight is 359 g/mol. The quantitative estimate of drug-likeness (QED) is 0.652. The zero-order valence-electron chi connectivity index (χ0n) is 14.3. The number of carbonyl (C=O) groups excluding carboxylic acids is 1. The summed E-state index contributed by atoms with van der Waals surface area (Å²) < 4.78 is 11.2. The molecule has 0 spiro atoms. The van der Waals surface area contributed by atoms with Crippen LogP contribution in [0.5, 0.6) is 5.75 Å². The van der Waals surface area contributed by atoms with Crippen LogP contribution in [-0.4, -0.2) is 12.6 Å². The molecule has 0 bridgehead atoms. The van der Waals surface area contributed by atoms with Gasteiger partial charge in [0.25, 0.3) is 0 Å². The van der Waals surface area contributed by atoms with Gasteiger partial charge in [0.15, 0.2) is 0 Å². The molecule has 0 atom stereocenters. The molecule has 1 aromatic carbocycles. The molecule has 0 fully saturated rings. The Bertz CT molecular complexity index is 665. The Labute approximate surface area is 169 Å². The number of halogens is 1. The summed E-state index contributed by atoms with van der Waals surface area (Å²) in [4.78, 5) is 10.8. The van der Waals surface area contributed by atoms with Crippen LogP contribution in [0.2, 0.25) is 5.02 Å². The van der Waals surface area contributed by atoms with Crippen LogP contribution in [-0.2, 0) is 6.42 Å². The fourth-order valence-electron chi connectivity index (χ4n) is 2.33. The summed E-state index contributed by atoms with van der Waals surface area (Å²) in [7, 11) is 0. The van der Waals surface area contributed by atoms with Crippen molar-refractivity contribution in [3.8, 4) is 5.75 Å². The van der Waals surface area contributed by atoms with Crippen molar-refractivity contribution in [2.24, 2.45) is 5.92 Å². The average Bonchev–Trinajstić information content (AvgIpc) is 2.99. The third-order valence-corrected chi connectivity index (χ3v) is 4.11. The van der Waals surface area contributed by atoms with Crippen LogP contribution in [0.15, 0.2) is 34.7 Å². The number of hydrogen-bond acceptors (Lipinski definition) is 4. The van der Waals surface area contributed by atoms with Crippen molar-refractivity contribution >= 4 is 17.6 Å². The van der Waals surface area contributed by atoms with Crippen molar-refractivity contribution in [1.82, 2.24) is 0 Å². The number of ether oxygens (including phenoxy) is 1. The minimum atomic E-state index is -1.33. The van der Waals surface area contributed by atoms with Crippen LogP contribution in [0.4, 0.5) is 0 Å². The second-order valence-corrected chi connectivity index (χ2v) is 5.91. The normalized spacial score (nSPS) is 10.5. The largest absolute Gasteiger partial charge is 1.00 e. The zero-order valence-corrected chi connectivity index (χ0v) is 17.1. The first-order valence-corrected chi connectivity index (χ1v) is 8.12. The van der Waals surface area contributed by atoms with Crippen LogP contribution < -0.4 is 39.4 Å². The van der Waals surface area contributed by atoms with Gasteiger partial charge in [-0.3, -0.25) is 0 Å². The second kappa shape index (κ2) is 10.1. The Morgan fingerprint density at radius 1 is 1.25 bits per heavy atom. The molecule has 124 valence electrons. The molecule has 1 heterocycles. The van der Waals surface area contributed by atoms with E-state index in [2.05, 4.69) is 13.8 Å². The second-order valence-electron chi connectivity index (χ2n) is 5.48. The standard InChI is InChI=1S/C18H21ClO4.Na/c1-3-12(4-2)11-22-16-7-5-14(19)9-13(16)10-15-6-8-17(23-15)18(20)21;/h5-9,12H,3-4,10-11H2,1-2H3,(H,20,21);/q;+1/p-1. The van der Waals surface area contributed by atoms with Gasteiger partial charge in [0.2, 0.25) is 0 Å². The van der Waals surface area contributed by atoms with Crippen molar-refractivity contribution in [2.45, 2.75) is 33.1 Å². The number of aromatic carboxylic acids is 1. The van der Waals surface area contributed by atoms with E-state index in [0.29, 0.717) is 29.7 Å². The molecule has 0 aliphatic rings. The Morgan fingerprint density at radius 3 is 2.54 bits per heavy atom. The van der Waals surface area contributed by atoms with Gasteiger partial charge in [-0.1, -0.05) is 38.3 Å². The Hall–Kier alpha value is -0.940. The fourth-order valence-corrected chi connectivity index (χ4v) is 2.52. The van der Waals surface area contributed by atoms with Crippen LogP contribution in [0.3, 0.4) is 0 Å². The van der Waals surface area contributed by atoms with Gasteiger partial charge >= 0.3 is 29.6 Å². The summed E-state index contributed by atoms with van der Waals surface area (Å²) in [5.74, 6) is 0.271. The molecular weight excluding hydrogens is 339 g/mol. The number of carbonyl (C=O) groups is 1. The molecule has 0 N–H and O–H groups in total. The number of carboxylic acid groups (broad SMARTS) is 1. The van der Waals surface area contributed by atoms with Gasteiger partial charge in [0.1, 0.15) is 23.2 Å². The summed E-state index contributed by atoms with van der Waals surface area (Å²) in [6.07, 6.45) is 2.53. The van der Waals surface area contributed by atoms with E-state index in [1.54, 1.807) is 12.1 Å². The molecule has 1 aromatic heterocycles. The molecule has 2 rings (SSSR count). The maximum Gasteiger partial charge on any atom is 1.00 e. The molecule has 0 saturated heterocycles. The van der Waals surface area contributed by atoms with Gasteiger partial charge in [0, 0.05) is 17.0 Å². The van der Waals surface area contributed by atoms with E-state index in [-0.39, 0.29) is 35.3 Å². The van der Waals surface area contributed by atoms with Crippen molar-refractivity contribution in [2.75, 3.05) is 6.61 Å². The first kappa shape index (κ1) is 21.1. The molecule has 0 unspecified atom stereocenters. The van der Waals surface area contributed by atoms with Gasteiger partial charge in [-0.2, -0.15) is 0 Å². The Morgan fingerprint density at radius 2 is 1.96 bits per heavy atom. The summed E-state index contributed by atoms with van der Waals surface area (Å²) >= 11 is 6.07. The maximum absolute atomic E-state index is 10.8. The molecule has 0 radical (unpaired) electrons. The van der Waals surface area contributed by atoms with E-state index in [9.17, 15) is 9.90 Å². The number of benzene rings is 1. The van der Waals surface area contributed by atoms with E-state index in [1.165, 1.54) is 6.07 Å². The maximum atomic E-state index is 10.8. The predicted octanol–water partition coefficient (Wildman–Crippen LogP) is 0.706. The third kappa shape index (κ3) is 5.85. The first-order valence-electron chi connectivity index (χ1n) is 7.74. The summed E-state index contributed by atoms with van der Waals surface area (Å²) in [5.41, 5.74) is 0.864. The van der Waals surface area contributed by atoms with Gasteiger partial charge in [-0.05, 0) is 36.2 Å². The van der Waals surface area contributed by atoms with Gasteiger partial charge in [-0.25, -0.2) is 0 Å². The molecule has 0 aliphatic carbocycles. The molecule has 0 aliphatic heterocycles. The molecule has 6 heteroatoms. The van der Waals surface area contributed by atoms with Gasteiger partial charge in [-0.15, -0.1) is 0 Å². The molecule has 0 saturated carbocycles. The minimum absolute atomic E-state index is 0. The smallest absolute Gasteiger partial charge is 0.542 e. The van der Waals surface area contributed by atoms with Gasteiger partial charge in [0.05, 0.1) is 6.61 Å². The van der Waals surface area contributed by atoms with Crippen LogP contribution in [0, 0.1) is 5.92 Å². The summed E-state index contributed by atoms with van der Waals surface area (Å²) in [6.45, 7) is 4.93. The predicted molar refractivity (Wildman–Crippen MR) is 86.9 cm³/mol. The van der Waals surface area contributed by atoms with E-state index in [1.807, 2.05) is 12.1 Å². The Balaban J connectivity index is 0.00000288. The topological polar surface area (TPSA) is 62.5 Å². The Kier molecular flexibility index (Phi) is 8.92. The number of hydrogen-bond donors (Lipinski definition) is 0. The first-order chi connectivity index (χ1) is 11.0. The molecule has 0 amide bonds. The molecule has 2 aromatic rings. The third-order valence-electron chi connectivity index (χ3n) is 3.88. The molecule has 4 nitrogen and oxygen atoms in total. The van der Waals surface area contributed by atoms with Crippen LogP contribution >= 0.6 is 11.6 Å². The summed E-state index contributed by atoms with van der Waals surface area (Å²) in [5, 5.41) is 11.4. The van der Waals surface area contributed by atoms with E-state index >= 15 is 0 Å². The van der Waals surface area contributed by atoms with E-state index in [4.69, 9.17) is 20.8 Å². The monoisotopic (exact) mass is 358 g/mol. The minimum Gasteiger partial charge on any atom is -0.542 e. The SMILES string of the molecule is CCC(CC)COc1ccc(Cl)cc1Cc1ccc(C(=O)[O-])o1.[Na+]. The van der Waals surface area contributed by atoms with Crippen molar-refractivity contribution in [3.05, 3.63) is 52.4 Å². The molecule has 24 heavy (non-hydrogen) atoms.